The second-order valence-corrected chi connectivity index (χ2v) is 5.43. The van der Waals surface area contributed by atoms with Gasteiger partial charge >= 0.3 is 0 Å². The molecule has 1 amide bonds. The fourth-order valence-electron chi connectivity index (χ4n) is 2.86. The molecule has 0 saturated carbocycles. The first-order valence-corrected chi connectivity index (χ1v) is 7.02. The SMILES string of the molecule is O=C(Nc1ccc2[nH]ncc2c1)C1CCn2cncc2C1. The summed E-state index contributed by atoms with van der Waals surface area (Å²) in [5.41, 5.74) is 2.91. The van der Waals surface area contributed by atoms with Crippen LogP contribution < -0.4 is 5.32 Å². The van der Waals surface area contributed by atoms with Crippen molar-refractivity contribution in [2.24, 2.45) is 5.92 Å². The van der Waals surface area contributed by atoms with Crippen LogP contribution in [-0.4, -0.2) is 25.7 Å². The van der Waals surface area contributed by atoms with Gasteiger partial charge in [0.05, 0.1) is 18.0 Å². The number of fused-ring (bicyclic) bond motifs is 2. The standard InChI is InChI=1S/C15H15N5O/c21-15(10-3-4-20-9-16-8-13(20)6-10)18-12-1-2-14-11(5-12)7-17-19-14/h1-2,5,7-10H,3-4,6H2,(H,17,19)(H,18,21). The van der Waals surface area contributed by atoms with Crippen molar-refractivity contribution in [3.05, 3.63) is 42.6 Å². The fourth-order valence-corrected chi connectivity index (χ4v) is 2.86. The highest BCUT2D eigenvalue weighted by Gasteiger charge is 2.24. The molecule has 3 aromatic rings. The van der Waals surface area contributed by atoms with Crippen molar-refractivity contribution in [3.8, 4) is 0 Å². The first kappa shape index (κ1) is 12.1. The monoisotopic (exact) mass is 281 g/mol. The number of hydrogen-bond donors (Lipinski definition) is 2. The van der Waals surface area contributed by atoms with Gasteiger partial charge in [0.25, 0.3) is 0 Å². The Morgan fingerprint density at radius 1 is 1.38 bits per heavy atom. The average molecular weight is 281 g/mol. The second-order valence-electron chi connectivity index (χ2n) is 5.43. The van der Waals surface area contributed by atoms with E-state index in [1.165, 1.54) is 0 Å². The molecule has 3 heterocycles. The van der Waals surface area contributed by atoms with Crippen LogP contribution in [0.2, 0.25) is 0 Å². The predicted octanol–water partition coefficient (Wildman–Crippen LogP) is 1.96. The highest BCUT2D eigenvalue weighted by atomic mass is 16.1. The minimum Gasteiger partial charge on any atom is -0.335 e. The predicted molar refractivity (Wildman–Crippen MR) is 78.8 cm³/mol. The number of anilines is 1. The molecule has 1 aromatic carbocycles. The van der Waals surface area contributed by atoms with Gasteiger partial charge in [0.1, 0.15) is 0 Å². The summed E-state index contributed by atoms with van der Waals surface area (Å²) < 4.78 is 2.11. The average Bonchev–Trinajstić information content (AvgIpc) is 3.14. The number of carbonyl (C=O) groups is 1. The third kappa shape index (κ3) is 2.18. The van der Waals surface area contributed by atoms with Gasteiger partial charge in [0.15, 0.2) is 0 Å². The number of nitrogens with one attached hydrogen (secondary N) is 2. The van der Waals surface area contributed by atoms with Crippen LogP contribution in [0.15, 0.2) is 36.9 Å². The maximum absolute atomic E-state index is 12.4. The van der Waals surface area contributed by atoms with Crippen LogP contribution in [0.25, 0.3) is 10.9 Å². The lowest BCUT2D eigenvalue weighted by Gasteiger charge is -2.23. The molecule has 2 N–H and O–H groups in total. The molecule has 6 nitrogen and oxygen atoms in total. The molecule has 0 radical (unpaired) electrons. The van der Waals surface area contributed by atoms with Gasteiger partial charge in [-0.05, 0) is 24.6 Å². The lowest BCUT2D eigenvalue weighted by atomic mass is 9.95. The van der Waals surface area contributed by atoms with Crippen molar-refractivity contribution in [1.29, 1.82) is 0 Å². The van der Waals surface area contributed by atoms with Gasteiger partial charge in [-0.15, -0.1) is 0 Å². The summed E-state index contributed by atoms with van der Waals surface area (Å²) >= 11 is 0. The van der Waals surface area contributed by atoms with Crippen molar-refractivity contribution in [2.75, 3.05) is 5.32 Å². The zero-order chi connectivity index (χ0) is 14.2. The fraction of sp³-hybridized carbons (Fsp3) is 0.267. The zero-order valence-corrected chi connectivity index (χ0v) is 11.4. The molecule has 1 aliphatic heterocycles. The van der Waals surface area contributed by atoms with Crippen LogP contribution in [-0.2, 0) is 17.8 Å². The van der Waals surface area contributed by atoms with Gasteiger partial charge < -0.3 is 9.88 Å². The summed E-state index contributed by atoms with van der Waals surface area (Å²) in [6, 6.07) is 5.75. The number of hydrogen-bond acceptors (Lipinski definition) is 3. The molecule has 2 aromatic heterocycles. The number of carbonyl (C=O) groups excluding carboxylic acids is 1. The molecule has 0 fully saturated rings. The van der Waals surface area contributed by atoms with E-state index in [-0.39, 0.29) is 11.8 Å². The minimum atomic E-state index is 0.00856. The lowest BCUT2D eigenvalue weighted by Crippen LogP contribution is -2.29. The molecule has 1 aliphatic rings. The van der Waals surface area contributed by atoms with Crippen LogP contribution in [0.3, 0.4) is 0 Å². The molecule has 0 bridgehead atoms. The highest BCUT2D eigenvalue weighted by Crippen LogP contribution is 2.22. The zero-order valence-electron chi connectivity index (χ0n) is 11.4. The van der Waals surface area contributed by atoms with Gasteiger partial charge in [-0.25, -0.2) is 4.98 Å². The second kappa shape index (κ2) is 4.73. The van der Waals surface area contributed by atoms with E-state index in [9.17, 15) is 4.79 Å². The van der Waals surface area contributed by atoms with E-state index in [1.54, 1.807) is 6.20 Å². The van der Waals surface area contributed by atoms with Crippen LogP contribution in [0.1, 0.15) is 12.1 Å². The molecular formula is C15H15N5O. The molecule has 1 unspecified atom stereocenters. The molecule has 106 valence electrons. The minimum absolute atomic E-state index is 0.00856. The summed E-state index contributed by atoms with van der Waals surface area (Å²) in [6.07, 6.45) is 7.03. The molecule has 0 saturated heterocycles. The first-order chi connectivity index (χ1) is 10.3. The number of imidazole rings is 1. The summed E-state index contributed by atoms with van der Waals surface area (Å²) in [7, 11) is 0. The van der Waals surface area contributed by atoms with Crippen molar-refractivity contribution in [1.82, 2.24) is 19.7 Å². The largest absolute Gasteiger partial charge is 0.335 e. The van der Waals surface area contributed by atoms with Crippen molar-refractivity contribution in [3.63, 3.8) is 0 Å². The molecule has 6 heteroatoms. The molecule has 0 spiro atoms. The number of H-pyrrole nitrogens is 1. The number of aromatic amines is 1. The maximum atomic E-state index is 12.4. The van der Waals surface area contributed by atoms with Crippen molar-refractivity contribution >= 4 is 22.5 Å². The molecule has 1 atom stereocenters. The molecule has 21 heavy (non-hydrogen) atoms. The van der Waals surface area contributed by atoms with Gasteiger partial charge in [0, 0.05) is 41.8 Å². The Bertz CT molecular complexity index is 803. The van der Waals surface area contributed by atoms with Gasteiger partial charge in [-0.1, -0.05) is 0 Å². The number of aryl methyl sites for hydroxylation is 1. The molecular weight excluding hydrogens is 266 g/mol. The Morgan fingerprint density at radius 2 is 2.33 bits per heavy atom. The Balaban J connectivity index is 1.50. The number of aromatic nitrogens is 4. The van der Waals surface area contributed by atoms with Crippen LogP contribution in [0.5, 0.6) is 0 Å². The van der Waals surface area contributed by atoms with Crippen molar-refractivity contribution in [2.45, 2.75) is 19.4 Å². The van der Waals surface area contributed by atoms with E-state index in [1.807, 2.05) is 30.7 Å². The van der Waals surface area contributed by atoms with E-state index >= 15 is 0 Å². The van der Waals surface area contributed by atoms with E-state index in [4.69, 9.17) is 0 Å². The topological polar surface area (TPSA) is 75.6 Å². The third-order valence-corrected chi connectivity index (χ3v) is 4.05. The van der Waals surface area contributed by atoms with Crippen LogP contribution >= 0.6 is 0 Å². The molecule has 4 rings (SSSR count). The third-order valence-electron chi connectivity index (χ3n) is 4.05. The van der Waals surface area contributed by atoms with E-state index in [0.717, 1.165) is 41.7 Å². The summed E-state index contributed by atoms with van der Waals surface area (Å²) in [5, 5.41) is 10.9. The van der Waals surface area contributed by atoms with Crippen LogP contribution in [0.4, 0.5) is 5.69 Å². The Kier molecular flexibility index (Phi) is 2.73. The first-order valence-electron chi connectivity index (χ1n) is 7.02. The highest BCUT2D eigenvalue weighted by molar-refractivity contribution is 5.95. The van der Waals surface area contributed by atoms with E-state index in [0.29, 0.717) is 0 Å². The quantitative estimate of drug-likeness (QED) is 0.754. The van der Waals surface area contributed by atoms with Gasteiger partial charge in [0.2, 0.25) is 5.91 Å². The molecule has 0 aliphatic carbocycles. The van der Waals surface area contributed by atoms with Gasteiger partial charge in [-0.2, -0.15) is 5.10 Å². The lowest BCUT2D eigenvalue weighted by molar-refractivity contribution is -0.120. The smallest absolute Gasteiger partial charge is 0.227 e. The number of nitrogens with zero attached hydrogens (tertiary/aromatic N) is 3. The Labute approximate surface area is 121 Å². The Hall–Kier alpha value is -2.63. The maximum Gasteiger partial charge on any atom is 0.227 e. The van der Waals surface area contributed by atoms with Gasteiger partial charge in [-0.3, -0.25) is 9.89 Å². The van der Waals surface area contributed by atoms with Crippen molar-refractivity contribution < 1.29 is 4.79 Å². The summed E-state index contributed by atoms with van der Waals surface area (Å²) in [6.45, 7) is 0.855. The summed E-state index contributed by atoms with van der Waals surface area (Å²) in [4.78, 5) is 16.5. The van der Waals surface area contributed by atoms with Crippen LogP contribution in [0, 0.1) is 5.92 Å². The summed E-state index contributed by atoms with van der Waals surface area (Å²) in [5.74, 6) is 0.0829. The number of benzene rings is 1. The normalized spacial score (nSPS) is 17.6. The van der Waals surface area contributed by atoms with E-state index < -0.39 is 0 Å². The number of amides is 1. The number of rotatable bonds is 2. The van der Waals surface area contributed by atoms with E-state index in [2.05, 4.69) is 25.1 Å². The Morgan fingerprint density at radius 3 is 3.29 bits per heavy atom.